The highest BCUT2D eigenvalue weighted by atomic mass is 127. The van der Waals surface area contributed by atoms with E-state index >= 15 is 0 Å². The molecule has 0 aliphatic carbocycles. The van der Waals surface area contributed by atoms with Crippen LogP contribution in [0.15, 0.2) is 18.2 Å². The number of hydrogen-bond acceptors (Lipinski definition) is 3. The van der Waals surface area contributed by atoms with Gasteiger partial charge in [-0.25, -0.2) is 8.42 Å². The van der Waals surface area contributed by atoms with Crippen LogP contribution in [0.3, 0.4) is 0 Å². The molecule has 0 bridgehead atoms. The summed E-state index contributed by atoms with van der Waals surface area (Å²) in [6.07, 6.45) is 1.83. The molecule has 4 nitrogen and oxygen atoms in total. The van der Waals surface area contributed by atoms with Crippen molar-refractivity contribution < 1.29 is 8.42 Å². The number of hydrogen-bond donors (Lipinski definition) is 1. The molecule has 0 unspecified atom stereocenters. The zero-order valence-corrected chi connectivity index (χ0v) is 13.6. The van der Waals surface area contributed by atoms with Crippen molar-refractivity contribution in [2.24, 2.45) is 0 Å². The van der Waals surface area contributed by atoms with Gasteiger partial charge < -0.3 is 9.55 Å². The Morgan fingerprint density at radius 3 is 2.83 bits per heavy atom. The number of aromatic nitrogens is 2. The molecule has 1 N–H and O–H groups in total. The van der Waals surface area contributed by atoms with Gasteiger partial charge in [-0.3, -0.25) is 0 Å². The zero-order chi connectivity index (χ0) is 13.3. The Kier molecular flexibility index (Phi) is 4.12. The van der Waals surface area contributed by atoms with Crippen molar-refractivity contribution in [1.82, 2.24) is 9.55 Å². The first-order valence-electron chi connectivity index (χ1n) is 5.42. The average Bonchev–Trinajstić information content (AvgIpc) is 2.52. The lowest BCUT2D eigenvalue weighted by molar-refractivity contribution is 0.592. The molecule has 98 valence electrons. The Morgan fingerprint density at radius 2 is 2.17 bits per heavy atom. The highest BCUT2D eigenvalue weighted by Gasteiger charge is 2.06. The van der Waals surface area contributed by atoms with Gasteiger partial charge in [-0.15, -0.1) is 0 Å². The summed E-state index contributed by atoms with van der Waals surface area (Å²) in [5.41, 5.74) is 2.01. The summed E-state index contributed by atoms with van der Waals surface area (Å²) >= 11 is 7.50. The lowest BCUT2D eigenvalue weighted by atomic mass is 10.3. The van der Waals surface area contributed by atoms with Crippen molar-refractivity contribution in [2.45, 2.75) is 13.0 Å². The van der Waals surface area contributed by atoms with E-state index in [9.17, 15) is 8.42 Å². The van der Waals surface area contributed by atoms with E-state index in [4.69, 9.17) is 12.2 Å². The summed E-state index contributed by atoms with van der Waals surface area (Å²) in [6.45, 7) is 0.618. The summed E-state index contributed by atoms with van der Waals surface area (Å²) in [5.74, 6) is 0.186. The number of imidazole rings is 1. The van der Waals surface area contributed by atoms with E-state index in [1.807, 2.05) is 22.8 Å². The Hall–Kier alpha value is -0.410. The molecule has 0 saturated carbocycles. The second kappa shape index (κ2) is 5.30. The quantitative estimate of drug-likeness (QED) is 0.639. The van der Waals surface area contributed by atoms with Crippen molar-refractivity contribution >= 4 is 55.7 Å². The summed E-state index contributed by atoms with van der Waals surface area (Å²) in [5, 5.41) is 0. The number of nitrogens with zero attached hydrogens (tertiary/aromatic N) is 1. The number of sulfone groups is 1. The third kappa shape index (κ3) is 3.33. The molecule has 0 amide bonds. The number of nitrogens with one attached hydrogen (secondary N) is 1. The maximum absolute atomic E-state index is 11.1. The van der Waals surface area contributed by atoms with E-state index in [2.05, 4.69) is 27.6 Å². The zero-order valence-electron chi connectivity index (χ0n) is 9.81. The van der Waals surface area contributed by atoms with Crippen LogP contribution in [0.25, 0.3) is 11.0 Å². The number of benzene rings is 1. The standard InChI is InChI=1S/C11H13IN2O2S2/c1-18(15,16)6-2-5-14-10-4-3-8(12)7-9(10)13-11(14)17/h3-4,7H,2,5-6H2,1H3,(H,13,17). The molecule has 0 aliphatic rings. The first-order valence-corrected chi connectivity index (χ1v) is 8.97. The molecule has 1 aromatic heterocycles. The van der Waals surface area contributed by atoms with Gasteiger partial charge in [0, 0.05) is 16.4 Å². The molecule has 0 radical (unpaired) electrons. The van der Waals surface area contributed by atoms with Crippen LogP contribution >= 0.6 is 34.8 Å². The fourth-order valence-electron chi connectivity index (χ4n) is 1.84. The maximum atomic E-state index is 11.1. The van der Waals surface area contributed by atoms with Gasteiger partial charge in [0.15, 0.2) is 4.77 Å². The third-order valence-corrected chi connectivity index (χ3v) is 4.66. The van der Waals surface area contributed by atoms with E-state index in [0.717, 1.165) is 14.6 Å². The summed E-state index contributed by atoms with van der Waals surface area (Å²) in [4.78, 5) is 3.14. The van der Waals surface area contributed by atoms with E-state index in [1.165, 1.54) is 6.26 Å². The van der Waals surface area contributed by atoms with Crippen molar-refractivity contribution in [3.63, 3.8) is 0 Å². The SMILES string of the molecule is CS(=O)(=O)CCCn1c(=S)[nH]c2cc(I)ccc21. The predicted molar refractivity (Wildman–Crippen MR) is 84.2 cm³/mol. The van der Waals surface area contributed by atoms with Gasteiger partial charge in [0.25, 0.3) is 0 Å². The number of halogens is 1. The van der Waals surface area contributed by atoms with Gasteiger partial charge in [-0.1, -0.05) is 0 Å². The lowest BCUT2D eigenvalue weighted by Gasteiger charge is -2.03. The topological polar surface area (TPSA) is 54.9 Å². The number of aryl methyl sites for hydroxylation is 1. The Bertz CT molecular complexity index is 731. The molecule has 2 rings (SSSR count). The molecule has 0 fully saturated rings. The minimum Gasteiger partial charge on any atom is -0.331 e. The van der Waals surface area contributed by atoms with E-state index in [1.54, 1.807) is 0 Å². The molecule has 0 aliphatic heterocycles. The first kappa shape index (κ1) is 14.0. The molecule has 18 heavy (non-hydrogen) atoms. The highest BCUT2D eigenvalue weighted by molar-refractivity contribution is 14.1. The largest absolute Gasteiger partial charge is 0.331 e. The van der Waals surface area contributed by atoms with Crippen LogP contribution in [-0.2, 0) is 16.4 Å². The van der Waals surface area contributed by atoms with Crippen LogP contribution in [0.1, 0.15) is 6.42 Å². The second-order valence-electron chi connectivity index (χ2n) is 4.23. The molecule has 0 atom stereocenters. The van der Waals surface area contributed by atoms with Gasteiger partial charge in [0.1, 0.15) is 9.84 Å². The highest BCUT2D eigenvalue weighted by Crippen LogP contribution is 2.17. The van der Waals surface area contributed by atoms with Gasteiger partial charge in [-0.05, 0) is 59.4 Å². The smallest absolute Gasteiger partial charge is 0.178 e. The van der Waals surface area contributed by atoms with E-state index in [0.29, 0.717) is 17.7 Å². The monoisotopic (exact) mass is 396 g/mol. The van der Waals surface area contributed by atoms with Crippen molar-refractivity contribution in [3.05, 3.63) is 26.5 Å². The van der Waals surface area contributed by atoms with Crippen LogP contribution in [0.4, 0.5) is 0 Å². The molecule has 1 aromatic carbocycles. The van der Waals surface area contributed by atoms with Crippen LogP contribution in [0, 0.1) is 8.34 Å². The molecule has 1 heterocycles. The van der Waals surface area contributed by atoms with Crippen LogP contribution < -0.4 is 0 Å². The molecular weight excluding hydrogens is 383 g/mol. The fourth-order valence-corrected chi connectivity index (χ4v) is 3.29. The number of aromatic amines is 1. The average molecular weight is 396 g/mol. The summed E-state index contributed by atoms with van der Waals surface area (Å²) in [7, 11) is -2.91. The van der Waals surface area contributed by atoms with Crippen molar-refractivity contribution in [2.75, 3.05) is 12.0 Å². The summed E-state index contributed by atoms with van der Waals surface area (Å²) < 4.78 is 25.9. The Labute approximate surface area is 124 Å². The molecule has 2 aromatic rings. The van der Waals surface area contributed by atoms with Crippen LogP contribution in [0.5, 0.6) is 0 Å². The molecule has 0 saturated heterocycles. The van der Waals surface area contributed by atoms with Crippen LogP contribution in [-0.4, -0.2) is 30.0 Å². The van der Waals surface area contributed by atoms with Crippen LogP contribution in [0.2, 0.25) is 0 Å². The maximum Gasteiger partial charge on any atom is 0.178 e. The predicted octanol–water partition coefficient (Wildman–Crippen LogP) is 2.74. The van der Waals surface area contributed by atoms with Gasteiger partial charge >= 0.3 is 0 Å². The van der Waals surface area contributed by atoms with Gasteiger partial charge in [-0.2, -0.15) is 0 Å². The fraction of sp³-hybridized carbons (Fsp3) is 0.364. The Morgan fingerprint density at radius 1 is 1.44 bits per heavy atom. The third-order valence-electron chi connectivity index (χ3n) is 2.63. The summed E-state index contributed by atoms with van der Waals surface area (Å²) in [6, 6.07) is 6.04. The molecule has 0 spiro atoms. The molecule has 7 heteroatoms. The van der Waals surface area contributed by atoms with E-state index < -0.39 is 9.84 Å². The van der Waals surface area contributed by atoms with Crippen molar-refractivity contribution in [3.8, 4) is 0 Å². The van der Waals surface area contributed by atoms with E-state index in [-0.39, 0.29) is 5.75 Å². The minimum absolute atomic E-state index is 0.186. The van der Waals surface area contributed by atoms with Gasteiger partial charge in [0.2, 0.25) is 0 Å². The lowest BCUT2D eigenvalue weighted by Crippen LogP contribution is -2.07. The molecular formula is C11H13IN2O2S2. The van der Waals surface area contributed by atoms with Gasteiger partial charge in [0.05, 0.1) is 16.8 Å². The van der Waals surface area contributed by atoms with Crippen molar-refractivity contribution in [1.29, 1.82) is 0 Å². The first-order chi connectivity index (χ1) is 8.37. The number of H-pyrrole nitrogens is 1. The number of rotatable bonds is 4. The second-order valence-corrected chi connectivity index (χ2v) is 8.12. The normalized spacial score (nSPS) is 12.1. The minimum atomic E-state index is -2.91. The number of fused-ring (bicyclic) bond motifs is 1. The Balaban J connectivity index is 2.28.